The predicted molar refractivity (Wildman–Crippen MR) is 65.6 cm³/mol. The predicted octanol–water partition coefficient (Wildman–Crippen LogP) is 3.20. The van der Waals surface area contributed by atoms with Crippen molar-refractivity contribution in [1.29, 1.82) is 0 Å². The zero-order valence-corrected chi connectivity index (χ0v) is 10.7. The number of hydrogen-bond donors (Lipinski definition) is 1. The molecule has 2 rings (SSSR count). The Labute approximate surface area is 113 Å². The number of nitrogens with zero attached hydrogens (tertiary/aromatic N) is 1. The minimum atomic E-state index is -4.74. The van der Waals surface area contributed by atoms with E-state index in [0.29, 0.717) is 36.6 Å². The van der Waals surface area contributed by atoms with Crippen LogP contribution in [-0.4, -0.2) is 30.7 Å². The van der Waals surface area contributed by atoms with Crippen LogP contribution in [-0.2, 0) is 0 Å². The lowest BCUT2D eigenvalue weighted by molar-refractivity contribution is -0.274. The first-order valence-corrected chi connectivity index (χ1v) is 6.21. The van der Waals surface area contributed by atoms with Crippen molar-refractivity contribution in [3.8, 4) is 5.75 Å². The molecule has 1 N–H and O–H groups in total. The molecule has 19 heavy (non-hydrogen) atoms. The molecule has 0 aromatic heterocycles. The molecule has 0 saturated carbocycles. The number of anilines is 1. The molecule has 0 aliphatic carbocycles. The van der Waals surface area contributed by atoms with Gasteiger partial charge in [-0.2, -0.15) is 0 Å². The Morgan fingerprint density at radius 3 is 2.47 bits per heavy atom. The van der Waals surface area contributed by atoms with Gasteiger partial charge in [0.2, 0.25) is 0 Å². The normalized spacial score (nSPS) is 17.6. The maximum absolute atomic E-state index is 12.3. The average Bonchev–Trinajstić information content (AvgIpc) is 2.31. The first-order chi connectivity index (χ1) is 8.85. The Bertz CT molecular complexity index is 445. The van der Waals surface area contributed by atoms with Crippen LogP contribution in [0, 0.1) is 0 Å². The number of benzene rings is 1. The highest BCUT2D eigenvalue weighted by molar-refractivity contribution is 6.30. The average molecular weight is 296 g/mol. The summed E-state index contributed by atoms with van der Waals surface area (Å²) in [6.07, 6.45) is -4.12. The van der Waals surface area contributed by atoms with E-state index in [1.165, 1.54) is 18.2 Å². The highest BCUT2D eigenvalue weighted by atomic mass is 35.5. The number of hydrogen-bond acceptors (Lipinski definition) is 3. The SMILES string of the molecule is OC1CCN(c2cc(Cl)ccc2OC(F)(F)F)CC1. The first-order valence-electron chi connectivity index (χ1n) is 5.83. The molecule has 1 aromatic rings. The molecular weight excluding hydrogens is 283 g/mol. The van der Waals surface area contributed by atoms with Gasteiger partial charge >= 0.3 is 6.36 Å². The molecule has 1 aromatic carbocycles. The van der Waals surface area contributed by atoms with Gasteiger partial charge in [-0.15, -0.1) is 13.2 Å². The maximum atomic E-state index is 12.3. The summed E-state index contributed by atoms with van der Waals surface area (Å²) in [6, 6.07) is 4.00. The van der Waals surface area contributed by atoms with E-state index in [1.54, 1.807) is 4.90 Å². The minimum absolute atomic E-state index is 0.270. The van der Waals surface area contributed by atoms with Crippen LogP contribution in [0.2, 0.25) is 5.02 Å². The number of piperidine rings is 1. The lowest BCUT2D eigenvalue weighted by Gasteiger charge is -2.32. The molecular formula is C12H13ClF3NO2. The summed E-state index contributed by atoms with van der Waals surface area (Å²) in [5.41, 5.74) is 0.303. The van der Waals surface area contributed by atoms with Crippen LogP contribution >= 0.6 is 11.6 Å². The van der Waals surface area contributed by atoms with E-state index in [0.717, 1.165) is 0 Å². The molecule has 0 radical (unpaired) electrons. The molecule has 0 amide bonds. The van der Waals surface area contributed by atoms with Crippen molar-refractivity contribution in [2.24, 2.45) is 0 Å². The molecule has 3 nitrogen and oxygen atoms in total. The van der Waals surface area contributed by atoms with Crippen LogP contribution in [0.25, 0.3) is 0 Å². The van der Waals surface area contributed by atoms with Gasteiger partial charge in [-0.25, -0.2) is 0 Å². The van der Waals surface area contributed by atoms with Gasteiger partial charge in [-0.3, -0.25) is 0 Å². The summed E-state index contributed by atoms with van der Waals surface area (Å²) in [5.74, 6) is -0.270. The number of rotatable bonds is 2. The molecule has 0 atom stereocenters. The molecule has 7 heteroatoms. The fourth-order valence-electron chi connectivity index (χ4n) is 2.06. The monoisotopic (exact) mass is 295 g/mol. The summed E-state index contributed by atoms with van der Waals surface area (Å²) < 4.78 is 41.0. The number of ether oxygens (including phenoxy) is 1. The topological polar surface area (TPSA) is 32.7 Å². The van der Waals surface area contributed by atoms with E-state index in [-0.39, 0.29) is 5.75 Å². The second-order valence-electron chi connectivity index (χ2n) is 4.38. The van der Waals surface area contributed by atoms with Gasteiger partial charge in [0.25, 0.3) is 0 Å². The van der Waals surface area contributed by atoms with E-state index in [4.69, 9.17) is 11.6 Å². The molecule has 1 heterocycles. The molecule has 1 aliphatic heterocycles. The van der Waals surface area contributed by atoms with Gasteiger partial charge in [0.15, 0.2) is 5.75 Å². The minimum Gasteiger partial charge on any atom is -0.404 e. The molecule has 0 unspecified atom stereocenters. The van der Waals surface area contributed by atoms with Crippen molar-refractivity contribution in [2.45, 2.75) is 25.3 Å². The van der Waals surface area contributed by atoms with E-state index < -0.39 is 12.5 Å². The summed E-state index contributed by atoms with van der Waals surface area (Å²) in [4.78, 5) is 1.74. The smallest absolute Gasteiger partial charge is 0.404 e. The van der Waals surface area contributed by atoms with Gasteiger partial charge in [-0.05, 0) is 31.0 Å². The van der Waals surface area contributed by atoms with Crippen LogP contribution < -0.4 is 9.64 Å². The lowest BCUT2D eigenvalue weighted by atomic mass is 10.1. The zero-order chi connectivity index (χ0) is 14.0. The first kappa shape index (κ1) is 14.3. The van der Waals surface area contributed by atoms with Crippen LogP contribution in [0.1, 0.15) is 12.8 Å². The lowest BCUT2D eigenvalue weighted by Crippen LogP contribution is -2.36. The van der Waals surface area contributed by atoms with Crippen molar-refractivity contribution in [2.75, 3.05) is 18.0 Å². The van der Waals surface area contributed by atoms with E-state index in [2.05, 4.69) is 4.74 Å². The van der Waals surface area contributed by atoms with Gasteiger partial charge in [-0.1, -0.05) is 11.6 Å². The second kappa shape index (κ2) is 5.46. The second-order valence-corrected chi connectivity index (χ2v) is 4.81. The van der Waals surface area contributed by atoms with Crippen molar-refractivity contribution in [1.82, 2.24) is 0 Å². The van der Waals surface area contributed by atoms with Crippen LogP contribution in [0.4, 0.5) is 18.9 Å². The molecule has 1 aliphatic rings. The highest BCUT2D eigenvalue weighted by Crippen LogP contribution is 2.36. The Morgan fingerprint density at radius 1 is 1.26 bits per heavy atom. The third-order valence-electron chi connectivity index (χ3n) is 2.95. The number of aliphatic hydroxyl groups is 1. The fourth-order valence-corrected chi connectivity index (χ4v) is 2.22. The third-order valence-corrected chi connectivity index (χ3v) is 3.19. The van der Waals surface area contributed by atoms with Gasteiger partial charge < -0.3 is 14.7 Å². The van der Waals surface area contributed by atoms with Gasteiger partial charge in [0, 0.05) is 18.1 Å². The Morgan fingerprint density at radius 2 is 1.89 bits per heavy atom. The van der Waals surface area contributed by atoms with E-state index in [1.807, 2.05) is 0 Å². The number of halogens is 4. The summed E-state index contributed by atoms with van der Waals surface area (Å²) in [7, 11) is 0. The molecule has 1 saturated heterocycles. The number of alkyl halides is 3. The quantitative estimate of drug-likeness (QED) is 0.909. The van der Waals surface area contributed by atoms with Gasteiger partial charge in [0.05, 0.1) is 11.8 Å². The van der Waals surface area contributed by atoms with Crippen LogP contribution in [0.3, 0.4) is 0 Å². The van der Waals surface area contributed by atoms with E-state index >= 15 is 0 Å². The molecule has 106 valence electrons. The highest BCUT2D eigenvalue weighted by Gasteiger charge is 2.33. The Hall–Kier alpha value is -1.14. The van der Waals surface area contributed by atoms with Crippen molar-refractivity contribution in [3.05, 3.63) is 23.2 Å². The Balaban J connectivity index is 2.24. The summed E-state index contributed by atoms with van der Waals surface area (Å²) >= 11 is 5.82. The van der Waals surface area contributed by atoms with E-state index in [9.17, 15) is 18.3 Å². The number of aliphatic hydroxyl groups excluding tert-OH is 1. The molecule has 0 bridgehead atoms. The standard InChI is InChI=1S/C12H13ClF3NO2/c13-8-1-2-11(19-12(14,15)16)10(7-8)17-5-3-9(18)4-6-17/h1-2,7,9,18H,3-6H2. The van der Waals surface area contributed by atoms with Crippen molar-refractivity contribution < 1.29 is 23.0 Å². The Kier molecular flexibility index (Phi) is 4.10. The van der Waals surface area contributed by atoms with Gasteiger partial charge in [0.1, 0.15) is 0 Å². The zero-order valence-electron chi connectivity index (χ0n) is 9.95. The summed E-state index contributed by atoms with van der Waals surface area (Å²) in [6.45, 7) is 0.936. The fraction of sp³-hybridized carbons (Fsp3) is 0.500. The molecule has 0 spiro atoms. The third kappa shape index (κ3) is 3.91. The van der Waals surface area contributed by atoms with Crippen LogP contribution in [0.15, 0.2) is 18.2 Å². The van der Waals surface area contributed by atoms with Crippen LogP contribution in [0.5, 0.6) is 5.75 Å². The largest absolute Gasteiger partial charge is 0.573 e. The van der Waals surface area contributed by atoms with Crippen molar-refractivity contribution >= 4 is 17.3 Å². The van der Waals surface area contributed by atoms with Crippen molar-refractivity contribution in [3.63, 3.8) is 0 Å². The maximum Gasteiger partial charge on any atom is 0.573 e. The summed E-state index contributed by atoms with van der Waals surface area (Å²) in [5, 5.41) is 9.76. The molecule has 1 fully saturated rings.